The van der Waals surface area contributed by atoms with E-state index in [4.69, 9.17) is 14.2 Å². The van der Waals surface area contributed by atoms with Gasteiger partial charge in [-0.15, -0.1) is 0 Å². The van der Waals surface area contributed by atoms with Gasteiger partial charge in [0.25, 0.3) is 0 Å². The molecule has 0 unspecified atom stereocenters. The molecule has 0 aliphatic carbocycles. The van der Waals surface area contributed by atoms with Gasteiger partial charge < -0.3 is 24.4 Å². The Kier molecular flexibility index (Phi) is 5.58. The molecular formula is C13H22N2O3. The minimum Gasteiger partial charge on any atom is -0.494 e. The molecule has 1 aromatic rings. The third-order valence-corrected chi connectivity index (χ3v) is 2.79. The van der Waals surface area contributed by atoms with Crippen molar-refractivity contribution in [1.29, 1.82) is 0 Å². The predicted octanol–water partition coefficient (Wildman–Crippen LogP) is 1.37. The first-order valence-corrected chi connectivity index (χ1v) is 5.83. The Morgan fingerprint density at radius 2 is 1.56 bits per heavy atom. The average molecular weight is 254 g/mol. The molecule has 18 heavy (non-hydrogen) atoms. The van der Waals surface area contributed by atoms with Crippen LogP contribution in [0.1, 0.15) is 0 Å². The predicted molar refractivity (Wildman–Crippen MR) is 73.3 cm³/mol. The largest absolute Gasteiger partial charge is 0.494 e. The minimum atomic E-state index is 0.667. The van der Waals surface area contributed by atoms with E-state index in [9.17, 15) is 0 Å². The van der Waals surface area contributed by atoms with Crippen molar-refractivity contribution in [3.05, 3.63) is 12.1 Å². The number of likely N-dealkylation sites (N-methyl/N-ethyl adjacent to an activating group) is 2. The number of anilines is 1. The minimum absolute atomic E-state index is 0.667. The average Bonchev–Trinajstić information content (AvgIpc) is 2.42. The van der Waals surface area contributed by atoms with E-state index < -0.39 is 0 Å². The molecule has 0 spiro atoms. The summed E-state index contributed by atoms with van der Waals surface area (Å²) >= 11 is 0. The fourth-order valence-corrected chi connectivity index (χ4v) is 1.71. The van der Waals surface area contributed by atoms with Crippen LogP contribution in [0.2, 0.25) is 0 Å². The van der Waals surface area contributed by atoms with Crippen molar-refractivity contribution < 1.29 is 14.2 Å². The lowest BCUT2D eigenvalue weighted by Gasteiger charge is -2.23. The van der Waals surface area contributed by atoms with Gasteiger partial charge in [0.05, 0.1) is 27.0 Å². The van der Waals surface area contributed by atoms with Crippen LogP contribution >= 0.6 is 0 Å². The van der Waals surface area contributed by atoms with Gasteiger partial charge in [-0.3, -0.25) is 0 Å². The number of nitrogens with zero attached hydrogens (tertiary/aromatic N) is 1. The maximum Gasteiger partial charge on any atom is 0.164 e. The zero-order valence-corrected chi connectivity index (χ0v) is 11.7. The molecule has 1 aromatic carbocycles. The molecule has 5 nitrogen and oxygen atoms in total. The molecule has 0 fully saturated rings. The normalized spacial score (nSPS) is 10.1. The molecule has 0 saturated carbocycles. The Morgan fingerprint density at radius 1 is 1.00 bits per heavy atom. The summed E-state index contributed by atoms with van der Waals surface area (Å²) in [4.78, 5) is 2.11. The second kappa shape index (κ2) is 6.96. The lowest BCUT2D eigenvalue weighted by Crippen LogP contribution is -2.27. The van der Waals surface area contributed by atoms with Crippen molar-refractivity contribution in [2.24, 2.45) is 0 Å². The molecule has 0 heterocycles. The van der Waals surface area contributed by atoms with E-state index in [1.807, 2.05) is 26.2 Å². The van der Waals surface area contributed by atoms with Crippen LogP contribution in [0, 0.1) is 0 Å². The summed E-state index contributed by atoms with van der Waals surface area (Å²) in [5.74, 6) is 2.14. The quantitative estimate of drug-likeness (QED) is 0.796. The second-order valence-electron chi connectivity index (χ2n) is 3.90. The molecule has 0 amide bonds. The smallest absolute Gasteiger partial charge is 0.164 e. The Labute approximate surface area is 109 Å². The highest BCUT2D eigenvalue weighted by molar-refractivity contribution is 5.65. The van der Waals surface area contributed by atoms with Gasteiger partial charge in [0.1, 0.15) is 5.75 Å². The fourth-order valence-electron chi connectivity index (χ4n) is 1.71. The molecule has 1 rings (SSSR count). The Balaban J connectivity index is 3.08. The van der Waals surface area contributed by atoms with Crippen molar-refractivity contribution >= 4 is 5.69 Å². The highest BCUT2D eigenvalue weighted by Gasteiger charge is 2.14. The molecule has 1 N–H and O–H groups in total. The monoisotopic (exact) mass is 254 g/mol. The summed E-state index contributed by atoms with van der Waals surface area (Å²) in [5.41, 5.74) is 0.977. The van der Waals surface area contributed by atoms with Gasteiger partial charge in [0.15, 0.2) is 11.5 Å². The number of methoxy groups -OCH3 is 3. The number of nitrogens with one attached hydrogen (secondary N) is 1. The Bertz CT molecular complexity index is 383. The third kappa shape index (κ3) is 3.20. The molecule has 0 radical (unpaired) electrons. The summed E-state index contributed by atoms with van der Waals surface area (Å²) in [5, 5.41) is 3.12. The van der Waals surface area contributed by atoms with E-state index >= 15 is 0 Å². The van der Waals surface area contributed by atoms with Gasteiger partial charge in [-0.2, -0.15) is 0 Å². The van der Waals surface area contributed by atoms with Crippen LogP contribution < -0.4 is 24.4 Å². The molecule has 5 heteroatoms. The topological polar surface area (TPSA) is 43.0 Å². The summed E-state index contributed by atoms with van der Waals surface area (Å²) in [6, 6.07) is 3.76. The molecule has 102 valence electrons. The van der Waals surface area contributed by atoms with E-state index in [0.717, 1.165) is 24.5 Å². The van der Waals surface area contributed by atoms with E-state index in [1.54, 1.807) is 21.3 Å². The zero-order valence-electron chi connectivity index (χ0n) is 11.7. The molecule has 0 aromatic heterocycles. The molecule has 0 bridgehead atoms. The van der Waals surface area contributed by atoms with Crippen LogP contribution in [0.3, 0.4) is 0 Å². The molecule has 0 aliphatic heterocycles. The van der Waals surface area contributed by atoms with Crippen LogP contribution in [-0.4, -0.2) is 48.5 Å². The van der Waals surface area contributed by atoms with Gasteiger partial charge in [0.2, 0.25) is 0 Å². The molecule has 0 atom stereocenters. The van der Waals surface area contributed by atoms with Crippen molar-refractivity contribution in [3.8, 4) is 17.2 Å². The fraction of sp³-hybridized carbons (Fsp3) is 0.538. The van der Waals surface area contributed by atoms with Gasteiger partial charge in [-0.05, 0) is 7.05 Å². The highest BCUT2D eigenvalue weighted by atomic mass is 16.5. The van der Waals surface area contributed by atoms with Gasteiger partial charge in [-0.1, -0.05) is 0 Å². The summed E-state index contributed by atoms with van der Waals surface area (Å²) in [6.45, 7) is 1.77. The maximum atomic E-state index is 5.39. The van der Waals surface area contributed by atoms with Crippen LogP contribution in [-0.2, 0) is 0 Å². The van der Waals surface area contributed by atoms with Crippen molar-refractivity contribution in [2.75, 3.05) is 53.4 Å². The highest BCUT2D eigenvalue weighted by Crippen LogP contribution is 2.39. The first-order valence-electron chi connectivity index (χ1n) is 5.83. The summed E-state index contributed by atoms with van der Waals surface area (Å²) in [7, 11) is 8.83. The van der Waals surface area contributed by atoms with E-state index in [-0.39, 0.29) is 0 Å². The van der Waals surface area contributed by atoms with Crippen LogP contribution in [0.25, 0.3) is 0 Å². The summed E-state index contributed by atoms with van der Waals surface area (Å²) < 4.78 is 16.0. The van der Waals surface area contributed by atoms with E-state index in [1.165, 1.54) is 0 Å². The van der Waals surface area contributed by atoms with Crippen molar-refractivity contribution in [2.45, 2.75) is 0 Å². The van der Waals surface area contributed by atoms with Crippen molar-refractivity contribution in [3.63, 3.8) is 0 Å². The Morgan fingerprint density at radius 3 is 2.06 bits per heavy atom. The number of benzene rings is 1. The lowest BCUT2D eigenvalue weighted by atomic mass is 10.2. The first kappa shape index (κ1) is 14.4. The van der Waals surface area contributed by atoms with E-state index in [2.05, 4.69) is 10.2 Å². The van der Waals surface area contributed by atoms with Gasteiger partial charge >= 0.3 is 0 Å². The number of hydrogen-bond acceptors (Lipinski definition) is 5. The molecule has 0 saturated heterocycles. The lowest BCUT2D eigenvalue weighted by molar-refractivity contribution is 0.349. The Hall–Kier alpha value is -1.62. The summed E-state index contributed by atoms with van der Waals surface area (Å²) in [6.07, 6.45) is 0. The SMILES string of the molecule is CNCCN(C)c1cc(OC)c(OC)cc1OC. The zero-order chi connectivity index (χ0) is 13.5. The number of ether oxygens (including phenoxy) is 3. The third-order valence-electron chi connectivity index (χ3n) is 2.79. The van der Waals surface area contributed by atoms with Crippen LogP contribution in [0.4, 0.5) is 5.69 Å². The molecular weight excluding hydrogens is 232 g/mol. The van der Waals surface area contributed by atoms with Crippen molar-refractivity contribution in [1.82, 2.24) is 5.32 Å². The van der Waals surface area contributed by atoms with E-state index in [0.29, 0.717) is 11.5 Å². The molecule has 0 aliphatic rings. The second-order valence-corrected chi connectivity index (χ2v) is 3.90. The standard InChI is InChI=1S/C13H22N2O3/c1-14-6-7-15(2)10-8-12(17-4)13(18-5)9-11(10)16-3/h8-9,14H,6-7H2,1-5H3. The van der Waals surface area contributed by atoms with Gasteiger partial charge in [-0.25, -0.2) is 0 Å². The van der Waals surface area contributed by atoms with Crippen LogP contribution in [0.5, 0.6) is 17.2 Å². The number of rotatable bonds is 7. The first-order chi connectivity index (χ1) is 8.67. The van der Waals surface area contributed by atoms with Gasteiger partial charge in [0, 0.05) is 32.3 Å². The van der Waals surface area contributed by atoms with Crippen LogP contribution in [0.15, 0.2) is 12.1 Å². The number of hydrogen-bond donors (Lipinski definition) is 1. The maximum absolute atomic E-state index is 5.39.